The molecule has 4 aromatic heterocycles. The van der Waals surface area contributed by atoms with E-state index < -0.39 is 0 Å². The predicted octanol–water partition coefficient (Wildman–Crippen LogP) is 4.47. The maximum atomic E-state index is 12.6. The summed E-state index contributed by atoms with van der Waals surface area (Å²) >= 11 is 0. The Labute approximate surface area is 191 Å². The van der Waals surface area contributed by atoms with Gasteiger partial charge in [0.2, 0.25) is 0 Å². The molecule has 0 atom stereocenters. The van der Waals surface area contributed by atoms with Crippen LogP contribution >= 0.6 is 0 Å². The number of nitrogens with zero attached hydrogens (tertiary/aromatic N) is 4. The number of hydrogen-bond acceptors (Lipinski definition) is 4. The third-order valence-electron chi connectivity index (χ3n) is 5.86. The fourth-order valence-electron chi connectivity index (χ4n) is 4.25. The molecule has 0 aliphatic rings. The van der Waals surface area contributed by atoms with Gasteiger partial charge in [0, 0.05) is 42.0 Å². The van der Waals surface area contributed by atoms with Crippen molar-refractivity contribution in [2.75, 3.05) is 0 Å². The smallest absolute Gasteiger partial charge is 0.267 e. The van der Waals surface area contributed by atoms with Crippen LogP contribution in [0.1, 0.15) is 45.6 Å². The monoisotopic (exact) mass is 438 g/mol. The first-order valence-electron chi connectivity index (χ1n) is 11.1. The van der Waals surface area contributed by atoms with Crippen LogP contribution in [0.4, 0.5) is 0 Å². The third kappa shape index (κ3) is 4.09. The van der Waals surface area contributed by atoms with Crippen molar-refractivity contribution in [3.05, 3.63) is 88.8 Å². The molecule has 166 valence electrons. The first kappa shape index (κ1) is 20.9. The molecule has 1 aromatic carbocycles. The van der Waals surface area contributed by atoms with Crippen molar-refractivity contribution >= 4 is 28.0 Å². The standard InChI is InChI=1S/C26H26N6O/c1-4-23-31-24-16(2)10-17(3)29-25(24)32(23)15-18-7-8-21-20(11-18)12-22(30-21)26(33)28-14-19-6-5-9-27-13-19/h5-13,30H,4,14-15H2,1-3H3,(H,28,33). The second kappa shape index (κ2) is 8.50. The number of benzene rings is 1. The number of aryl methyl sites for hydroxylation is 3. The van der Waals surface area contributed by atoms with Gasteiger partial charge in [-0.05, 0) is 60.9 Å². The highest BCUT2D eigenvalue weighted by Crippen LogP contribution is 2.23. The molecule has 0 spiro atoms. The quantitative estimate of drug-likeness (QED) is 0.410. The summed E-state index contributed by atoms with van der Waals surface area (Å²) in [6, 6.07) is 14.0. The van der Waals surface area contributed by atoms with Gasteiger partial charge in [0.25, 0.3) is 5.91 Å². The van der Waals surface area contributed by atoms with Crippen molar-refractivity contribution < 1.29 is 4.79 Å². The fourth-order valence-corrected chi connectivity index (χ4v) is 4.25. The Balaban J connectivity index is 1.41. The molecule has 0 bridgehead atoms. The molecule has 0 saturated heterocycles. The summed E-state index contributed by atoms with van der Waals surface area (Å²) in [5.74, 6) is 0.886. The van der Waals surface area contributed by atoms with Crippen LogP contribution in [0.5, 0.6) is 0 Å². The van der Waals surface area contributed by atoms with Gasteiger partial charge < -0.3 is 14.9 Å². The van der Waals surface area contributed by atoms with Gasteiger partial charge in [-0.25, -0.2) is 9.97 Å². The molecule has 0 radical (unpaired) electrons. The fraction of sp³-hybridized carbons (Fsp3) is 0.231. The van der Waals surface area contributed by atoms with Crippen LogP contribution in [0.15, 0.2) is 54.9 Å². The van der Waals surface area contributed by atoms with Crippen molar-refractivity contribution in [1.29, 1.82) is 0 Å². The largest absolute Gasteiger partial charge is 0.351 e. The lowest BCUT2D eigenvalue weighted by molar-refractivity contribution is 0.0946. The van der Waals surface area contributed by atoms with Crippen LogP contribution in [0.3, 0.4) is 0 Å². The lowest BCUT2D eigenvalue weighted by Crippen LogP contribution is -2.23. The molecule has 0 aliphatic heterocycles. The number of carbonyl (C=O) groups is 1. The van der Waals surface area contributed by atoms with E-state index in [-0.39, 0.29) is 5.91 Å². The van der Waals surface area contributed by atoms with Crippen LogP contribution in [0.2, 0.25) is 0 Å². The van der Waals surface area contributed by atoms with Crippen molar-refractivity contribution in [2.45, 2.75) is 40.3 Å². The highest BCUT2D eigenvalue weighted by molar-refractivity contribution is 5.98. The number of nitrogens with one attached hydrogen (secondary N) is 2. The van der Waals surface area contributed by atoms with Crippen molar-refractivity contribution in [1.82, 2.24) is 29.8 Å². The zero-order valence-electron chi connectivity index (χ0n) is 19.0. The number of H-pyrrole nitrogens is 1. The summed E-state index contributed by atoms with van der Waals surface area (Å²) in [6.07, 6.45) is 4.30. The minimum Gasteiger partial charge on any atom is -0.351 e. The number of imidazole rings is 1. The summed E-state index contributed by atoms with van der Waals surface area (Å²) in [7, 11) is 0. The van der Waals surface area contributed by atoms with Crippen LogP contribution in [-0.2, 0) is 19.5 Å². The SMILES string of the molecule is CCc1nc2c(C)cc(C)nc2n1Cc1ccc2[nH]c(C(=O)NCc3cccnc3)cc2c1. The summed E-state index contributed by atoms with van der Waals surface area (Å²) in [5.41, 5.74) is 7.60. The number of carbonyl (C=O) groups excluding carboxylic acids is 1. The van der Waals surface area contributed by atoms with Crippen LogP contribution in [0, 0.1) is 13.8 Å². The molecule has 2 N–H and O–H groups in total. The Bertz CT molecular complexity index is 1470. The molecule has 4 heterocycles. The van der Waals surface area contributed by atoms with E-state index in [0.29, 0.717) is 18.8 Å². The number of fused-ring (bicyclic) bond motifs is 2. The van der Waals surface area contributed by atoms with Crippen molar-refractivity contribution in [3.63, 3.8) is 0 Å². The Morgan fingerprint density at radius 1 is 1.09 bits per heavy atom. The zero-order chi connectivity index (χ0) is 22.9. The van der Waals surface area contributed by atoms with E-state index in [0.717, 1.165) is 56.7 Å². The minimum absolute atomic E-state index is 0.138. The Morgan fingerprint density at radius 3 is 2.76 bits per heavy atom. The van der Waals surface area contributed by atoms with Crippen LogP contribution in [-0.4, -0.2) is 30.4 Å². The number of hydrogen-bond donors (Lipinski definition) is 2. The van der Waals surface area contributed by atoms with E-state index >= 15 is 0 Å². The first-order chi connectivity index (χ1) is 16.0. The Hall–Kier alpha value is -4.00. The molecule has 5 aromatic rings. The first-order valence-corrected chi connectivity index (χ1v) is 11.1. The number of amides is 1. The summed E-state index contributed by atoms with van der Waals surface area (Å²) in [6.45, 7) is 7.33. The maximum absolute atomic E-state index is 12.6. The average Bonchev–Trinajstić information content (AvgIpc) is 3.40. The Morgan fingerprint density at radius 2 is 1.97 bits per heavy atom. The number of rotatable bonds is 6. The number of aromatic amines is 1. The van der Waals surface area contributed by atoms with Gasteiger partial charge in [-0.2, -0.15) is 0 Å². The second-order valence-electron chi connectivity index (χ2n) is 8.37. The molecule has 0 unspecified atom stereocenters. The summed E-state index contributed by atoms with van der Waals surface area (Å²) in [5, 5.41) is 3.94. The average molecular weight is 439 g/mol. The van der Waals surface area contributed by atoms with E-state index in [1.165, 1.54) is 0 Å². The van der Waals surface area contributed by atoms with E-state index in [2.05, 4.69) is 51.9 Å². The number of aromatic nitrogens is 5. The van der Waals surface area contributed by atoms with E-state index in [4.69, 9.17) is 9.97 Å². The molecule has 7 nitrogen and oxygen atoms in total. The molecule has 1 amide bonds. The van der Waals surface area contributed by atoms with Gasteiger partial charge >= 0.3 is 0 Å². The molecule has 0 fully saturated rings. The summed E-state index contributed by atoms with van der Waals surface area (Å²) < 4.78 is 2.20. The minimum atomic E-state index is -0.138. The topological polar surface area (TPSA) is 88.5 Å². The molecule has 0 aliphatic carbocycles. The van der Waals surface area contributed by atoms with Crippen LogP contribution in [0.25, 0.3) is 22.1 Å². The lowest BCUT2D eigenvalue weighted by Gasteiger charge is -2.09. The highest BCUT2D eigenvalue weighted by atomic mass is 16.1. The van der Waals surface area contributed by atoms with Gasteiger partial charge in [0.15, 0.2) is 5.65 Å². The molecule has 33 heavy (non-hydrogen) atoms. The normalized spacial score (nSPS) is 11.4. The number of pyridine rings is 2. The van der Waals surface area contributed by atoms with Gasteiger partial charge in [-0.3, -0.25) is 9.78 Å². The van der Waals surface area contributed by atoms with E-state index in [1.807, 2.05) is 31.2 Å². The van der Waals surface area contributed by atoms with Crippen LogP contribution < -0.4 is 5.32 Å². The molecule has 5 rings (SSSR count). The maximum Gasteiger partial charge on any atom is 0.267 e. The predicted molar refractivity (Wildman–Crippen MR) is 129 cm³/mol. The molecule has 0 saturated carbocycles. The lowest BCUT2D eigenvalue weighted by atomic mass is 10.1. The van der Waals surface area contributed by atoms with Gasteiger partial charge in [-0.15, -0.1) is 0 Å². The van der Waals surface area contributed by atoms with Gasteiger partial charge in [0.05, 0.1) is 6.54 Å². The molecular weight excluding hydrogens is 412 g/mol. The van der Waals surface area contributed by atoms with E-state index in [1.54, 1.807) is 12.4 Å². The highest BCUT2D eigenvalue weighted by Gasteiger charge is 2.15. The van der Waals surface area contributed by atoms with Gasteiger partial charge in [-0.1, -0.05) is 19.1 Å². The Kier molecular flexibility index (Phi) is 5.38. The second-order valence-corrected chi connectivity index (χ2v) is 8.37. The van der Waals surface area contributed by atoms with E-state index in [9.17, 15) is 4.79 Å². The molecular formula is C26H26N6O. The van der Waals surface area contributed by atoms with Crippen molar-refractivity contribution in [2.24, 2.45) is 0 Å². The summed E-state index contributed by atoms with van der Waals surface area (Å²) in [4.78, 5) is 29.6. The molecule has 7 heteroatoms. The zero-order valence-corrected chi connectivity index (χ0v) is 19.0. The van der Waals surface area contributed by atoms with Crippen molar-refractivity contribution in [3.8, 4) is 0 Å². The van der Waals surface area contributed by atoms with Gasteiger partial charge in [0.1, 0.15) is 17.0 Å². The third-order valence-corrected chi connectivity index (χ3v) is 5.86.